The number of amides is 1. The number of hydrogen-bond acceptors (Lipinski definition) is 3. The fourth-order valence-electron chi connectivity index (χ4n) is 2.88. The van der Waals surface area contributed by atoms with Crippen LogP contribution in [-0.4, -0.2) is 22.3 Å². The van der Waals surface area contributed by atoms with Gasteiger partial charge in [0.2, 0.25) is 0 Å². The average molecular weight is 363 g/mol. The third-order valence-corrected chi connectivity index (χ3v) is 4.58. The van der Waals surface area contributed by atoms with Crippen molar-refractivity contribution >= 4 is 11.7 Å². The Hall–Kier alpha value is -3.08. The van der Waals surface area contributed by atoms with E-state index in [-0.39, 0.29) is 12.5 Å². The van der Waals surface area contributed by atoms with E-state index < -0.39 is 0 Å². The van der Waals surface area contributed by atoms with Crippen LogP contribution in [0.15, 0.2) is 66.9 Å². The maximum atomic E-state index is 12.4. The molecule has 3 rings (SSSR count). The van der Waals surface area contributed by atoms with Gasteiger partial charge in [-0.15, -0.1) is 0 Å². The van der Waals surface area contributed by atoms with Gasteiger partial charge in [-0.1, -0.05) is 62.4 Å². The van der Waals surface area contributed by atoms with Gasteiger partial charge in [0, 0.05) is 6.07 Å². The van der Waals surface area contributed by atoms with E-state index in [0.29, 0.717) is 18.3 Å². The maximum Gasteiger partial charge on any atom is 0.263 e. The first-order chi connectivity index (χ1) is 13.2. The summed E-state index contributed by atoms with van der Waals surface area (Å²) in [6.07, 6.45) is 2.70. The number of para-hydroxylation sites is 1. The van der Waals surface area contributed by atoms with E-state index in [1.165, 1.54) is 0 Å². The fourth-order valence-corrected chi connectivity index (χ4v) is 2.88. The van der Waals surface area contributed by atoms with Gasteiger partial charge in [-0.25, -0.2) is 4.68 Å². The second-order valence-electron chi connectivity index (χ2n) is 6.54. The van der Waals surface area contributed by atoms with Gasteiger partial charge in [-0.2, -0.15) is 5.10 Å². The molecule has 0 bridgehead atoms. The molecule has 1 unspecified atom stereocenters. The number of nitrogens with one attached hydrogen (secondary N) is 1. The number of carbonyl (C=O) groups excluding carboxylic acids is 1. The molecule has 3 aromatic rings. The van der Waals surface area contributed by atoms with Crippen LogP contribution in [0, 0.1) is 0 Å². The zero-order chi connectivity index (χ0) is 19.1. The van der Waals surface area contributed by atoms with Crippen LogP contribution in [0.25, 0.3) is 0 Å². The molecule has 0 radical (unpaired) electrons. The lowest BCUT2D eigenvalue weighted by Crippen LogP contribution is -2.22. The number of ether oxygens (including phenoxy) is 1. The number of rotatable bonds is 8. The first kappa shape index (κ1) is 18.7. The summed E-state index contributed by atoms with van der Waals surface area (Å²) in [7, 11) is 0. The summed E-state index contributed by atoms with van der Waals surface area (Å²) < 4.78 is 7.55. The number of hydrogen-bond donors (Lipinski definition) is 1. The summed E-state index contributed by atoms with van der Waals surface area (Å²) in [6.45, 7) is 4.86. The highest BCUT2D eigenvalue weighted by Crippen LogP contribution is 2.28. The highest BCUT2D eigenvalue weighted by atomic mass is 16.5. The fraction of sp³-hybridized carbons (Fsp3) is 0.273. The summed E-state index contributed by atoms with van der Waals surface area (Å²) in [5, 5.41) is 7.17. The summed E-state index contributed by atoms with van der Waals surface area (Å²) in [5.74, 6) is 1.60. The lowest BCUT2D eigenvalue weighted by atomic mass is 9.98. The van der Waals surface area contributed by atoms with E-state index in [0.717, 1.165) is 23.3 Å². The summed E-state index contributed by atoms with van der Waals surface area (Å²) in [5.41, 5.74) is 2.25. The third kappa shape index (κ3) is 4.97. The molecule has 5 heteroatoms. The molecule has 0 saturated heterocycles. The SMILES string of the molecule is CCC(C)c1ccccc1OCC(=O)Nc1ccnn1Cc1ccccc1. The molecule has 1 N–H and O–H groups in total. The normalized spacial score (nSPS) is 11.8. The second-order valence-corrected chi connectivity index (χ2v) is 6.54. The van der Waals surface area contributed by atoms with Crippen molar-refractivity contribution in [2.24, 2.45) is 0 Å². The minimum absolute atomic E-state index is 0.0377. The van der Waals surface area contributed by atoms with Gasteiger partial charge in [-0.05, 0) is 29.5 Å². The van der Waals surface area contributed by atoms with Crippen LogP contribution in [0.5, 0.6) is 5.75 Å². The van der Waals surface area contributed by atoms with Crippen molar-refractivity contribution < 1.29 is 9.53 Å². The minimum Gasteiger partial charge on any atom is -0.483 e. The Balaban J connectivity index is 1.60. The molecule has 1 heterocycles. The molecule has 140 valence electrons. The van der Waals surface area contributed by atoms with Gasteiger partial charge in [0.1, 0.15) is 11.6 Å². The first-order valence-electron chi connectivity index (χ1n) is 9.24. The molecule has 0 aliphatic heterocycles. The van der Waals surface area contributed by atoms with Crippen LogP contribution in [0.1, 0.15) is 37.3 Å². The molecule has 0 aliphatic carbocycles. The van der Waals surface area contributed by atoms with Gasteiger partial charge in [0.05, 0.1) is 12.7 Å². The molecular formula is C22H25N3O2. The van der Waals surface area contributed by atoms with E-state index in [1.807, 2.05) is 48.5 Å². The van der Waals surface area contributed by atoms with Crippen LogP contribution in [-0.2, 0) is 11.3 Å². The molecule has 0 saturated carbocycles. The van der Waals surface area contributed by atoms with Crippen molar-refractivity contribution in [2.75, 3.05) is 11.9 Å². The van der Waals surface area contributed by atoms with Crippen molar-refractivity contribution in [3.63, 3.8) is 0 Å². The van der Waals surface area contributed by atoms with Crippen molar-refractivity contribution in [3.8, 4) is 5.75 Å². The monoisotopic (exact) mass is 363 g/mol. The van der Waals surface area contributed by atoms with Gasteiger partial charge >= 0.3 is 0 Å². The Morgan fingerprint density at radius 2 is 1.85 bits per heavy atom. The molecule has 1 aromatic heterocycles. The van der Waals surface area contributed by atoms with E-state index in [2.05, 4.69) is 30.3 Å². The van der Waals surface area contributed by atoms with Crippen molar-refractivity contribution in [3.05, 3.63) is 78.0 Å². The van der Waals surface area contributed by atoms with Gasteiger partial charge in [-0.3, -0.25) is 4.79 Å². The zero-order valence-corrected chi connectivity index (χ0v) is 15.8. The molecular weight excluding hydrogens is 338 g/mol. The molecule has 5 nitrogen and oxygen atoms in total. The van der Waals surface area contributed by atoms with Crippen LogP contribution >= 0.6 is 0 Å². The third-order valence-electron chi connectivity index (χ3n) is 4.58. The summed E-state index contributed by atoms with van der Waals surface area (Å²) >= 11 is 0. The Morgan fingerprint density at radius 3 is 2.63 bits per heavy atom. The van der Waals surface area contributed by atoms with E-state index in [4.69, 9.17) is 4.74 Å². The number of aromatic nitrogens is 2. The van der Waals surface area contributed by atoms with Crippen molar-refractivity contribution in [1.29, 1.82) is 0 Å². The topological polar surface area (TPSA) is 56.1 Å². The van der Waals surface area contributed by atoms with Crippen LogP contribution in [0.3, 0.4) is 0 Å². The minimum atomic E-state index is -0.205. The highest BCUT2D eigenvalue weighted by molar-refractivity contribution is 5.91. The van der Waals surface area contributed by atoms with Crippen molar-refractivity contribution in [1.82, 2.24) is 9.78 Å². The average Bonchev–Trinajstić information content (AvgIpc) is 3.13. The van der Waals surface area contributed by atoms with Gasteiger partial charge in [0.25, 0.3) is 5.91 Å². The maximum absolute atomic E-state index is 12.4. The summed E-state index contributed by atoms with van der Waals surface area (Å²) in [6, 6.07) is 19.7. The Morgan fingerprint density at radius 1 is 1.11 bits per heavy atom. The molecule has 1 atom stereocenters. The highest BCUT2D eigenvalue weighted by Gasteiger charge is 2.12. The van der Waals surface area contributed by atoms with E-state index in [9.17, 15) is 4.79 Å². The predicted octanol–water partition coefficient (Wildman–Crippen LogP) is 4.46. The van der Waals surface area contributed by atoms with Gasteiger partial charge < -0.3 is 10.1 Å². The van der Waals surface area contributed by atoms with Gasteiger partial charge in [0.15, 0.2) is 6.61 Å². The quantitative estimate of drug-likeness (QED) is 0.643. The molecule has 27 heavy (non-hydrogen) atoms. The smallest absolute Gasteiger partial charge is 0.263 e. The standard InChI is InChI=1S/C22H25N3O2/c1-3-17(2)19-11-7-8-12-20(19)27-16-22(26)24-21-13-14-23-25(21)15-18-9-5-4-6-10-18/h4-14,17H,3,15-16H2,1-2H3,(H,24,26). The van der Waals surface area contributed by atoms with Crippen LogP contribution in [0.2, 0.25) is 0 Å². The van der Waals surface area contributed by atoms with Crippen molar-refractivity contribution in [2.45, 2.75) is 32.7 Å². The Bertz CT molecular complexity index is 874. The van der Waals surface area contributed by atoms with Crippen LogP contribution < -0.4 is 10.1 Å². The molecule has 0 spiro atoms. The number of benzene rings is 2. The largest absolute Gasteiger partial charge is 0.483 e. The number of carbonyl (C=O) groups is 1. The lowest BCUT2D eigenvalue weighted by Gasteiger charge is -2.15. The zero-order valence-electron chi connectivity index (χ0n) is 15.8. The molecule has 1 amide bonds. The Labute approximate surface area is 160 Å². The molecule has 2 aromatic carbocycles. The molecule has 0 aliphatic rings. The Kier molecular flexibility index (Phi) is 6.26. The second kappa shape index (κ2) is 9.03. The lowest BCUT2D eigenvalue weighted by molar-refractivity contribution is -0.118. The molecule has 0 fully saturated rings. The van der Waals surface area contributed by atoms with E-state index >= 15 is 0 Å². The van der Waals surface area contributed by atoms with Crippen LogP contribution in [0.4, 0.5) is 5.82 Å². The summed E-state index contributed by atoms with van der Waals surface area (Å²) in [4.78, 5) is 12.4. The predicted molar refractivity (Wildman–Crippen MR) is 107 cm³/mol. The number of nitrogens with zero attached hydrogens (tertiary/aromatic N) is 2. The van der Waals surface area contributed by atoms with E-state index in [1.54, 1.807) is 16.9 Å². The number of anilines is 1. The first-order valence-corrected chi connectivity index (χ1v) is 9.24.